The number of carbonyl (C=O) groups excluding carboxylic acids is 2. The van der Waals surface area contributed by atoms with Crippen LogP contribution in [0.2, 0.25) is 0 Å². The van der Waals surface area contributed by atoms with Crippen molar-refractivity contribution in [1.82, 2.24) is 0 Å². The molecule has 2 rings (SSSR count). The van der Waals surface area contributed by atoms with Crippen LogP contribution in [-0.2, 0) is 11.2 Å². The number of nitrogen functional groups attached to an aromatic ring is 1. The number of nitrogens with two attached hydrogens (primary N) is 2. The summed E-state index contributed by atoms with van der Waals surface area (Å²) in [6.45, 7) is 0. The topological polar surface area (TPSA) is 98.2 Å². The van der Waals surface area contributed by atoms with Crippen molar-refractivity contribution in [3.63, 3.8) is 0 Å². The molecular weight excluding hydrogens is 254 g/mol. The zero-order valence-corrected chi connectivity index (χ0v) is 10.8. The molecule has 0 atom stereocenters. The van der Waals surface area contributed by atoms with Crippen LogP contribution in [0.25, 0.3) is 0 Å². The summed E-state index contributed by atoms with van der Waals surface area (Å²) in [4.78, 5) is 22.8. The van der Waals surface area contributed by atoms with E-state index in [1.807, 2.05) is 12.1 Å². The Hall–Kier alpha value is -2.82. The minimum Gasteiger partial charge on any atom is -0.399 e. The summed E-state index contributed by atoms with van der Waals surface area (Å²) in [7, 11) is 0. The van der Waals surface area contributed by atoms with Gasteiger partial charge in [0.25, 0.3) is 0 Å². The zero-order chi connectivity index (χ0) is 14.5. The van der Waals surface area contributed by atoms with Crippen LogP contribution in [-0.4, -0.2) is 11.8 Å². The SMILES string of the molecule is NC(=O)c1ccc(NC(=O)Cc2ccc(N)cc2)cc1. The average Bonchev–Trinajstić information content (AvgIpc) is 2.42. The van der Waals surface area contributed by atoms with E-state index >= 15 is 0 Å². The second-order valence-corrected chi connectivity index (χ2v) is 4.41. The van der Waals surface area contributed by atoms with Crippen molar-refractivity contribution < 1.29 is 9.59 Å². The molecule has 0 fully saturated rings. The number of rotatable bonds is 4. The first kappa shape index (κ1) is 13.6. The summed E-state index contributed by atoms with van der Waals surface area (Å²) < 4.78 is 0. The molecule has 0 radical (unpaired) electrons. The molecule has 102 valence electrons. The van der Waals surface area contributed by atoms with Crippen LogP contribution >= 0.6 is 0 Å². The monoisotopic (exact) mass is 269 g/mol. The van der Waals surface area contributed by atoms with E-state index in [2.05, 4.69) is 5.32 Å². The van der Waals surface area contributed by atoms with Crippen LogP contribution in [0.3, 0.4) is 0 Å². The lowest BCUT2D eigenvalue weighted by atomic mass is 10.1. The van der Waals surface area contributed by atoms with Crippen LogP contribution in [0.5, 0.6) is 0 Å². The van der Waals surface area contributed by atoms with E-state index in [0.717, 1.165) is 5.56 Å². The highest BCUT2D eigenvalue weighted by Crippen LogP contribution is 2.11. The number of amides is 2. The van der Waals surface area contributed by atoms with Gasteiger partial charge in [-0.1, -0.05) is 12.1 Å². The van der Waals surface area contributed by atoms with Crippen LogP contribution < -0.4 is 16.8 Å². The molecule has 5 N–H and O–H groups in total. The Morgan fingerprint density at radius 1 is 0.950 bits per heavy atom. The summed E-state index contributed by atoms with van der Waals surface area (Å²) in [5, 5.41) is 2.75. The highest BCUT2D eigenvalue weighted by atomic mass is 16.1. The first-order valence-corrected chi connectivity index (χ1v) is 6.09. The van der Waals surface area contributed by atoms with Gasteiger partial charge in [-0.3, -0.25) is 9.59 Å². The summed E-state index contributed by atoms with van der Waals surface area (Å²) >= 11 is 0. The van der Waals surface area contributed by atoms with Crippen LogP contribution in [0, 0.1) is 0 Å². The summed E-state index contributed by atoms with van der Waals surface area (Å²) in [6, 6.07) is 13.6. The fraction of sp³-hybridized carbons (Fsp3) is 0.0667. The van der Waals surface area contributed by atoms with E-state index < -0.39 is 5.91 Å². The molecule has 2 aromatic carbocycles. The quantitative estimate of drug-likeness (QED) is 0.734. The van der Waals surface area contributed by atoms with Crippen LogP contribution in [0.4, 0.5) is 11.4 Å². The van der Waals surface area contributed by atoms with Crippen LogP contribution in [0.1, 0.15) is 15.9 Å². The van der Waals surface area contributed by atoms with Gasteiger partial charge >= 0.3 is 0 Å². The van der Waals surface area contributed by atoms with Gasteiger partial charge in [-0.25, -0.2) is 0 Å². The summed E-state index contributed by atoms with van der Waals surface area (Å²) in [5.41, 5.74) is 13.3. The van der Waals surface area contributed by atoms with Gasteiger partial charge in [0, 0.05) is 16.9 Å². The van der Waals surface area contributed by atoms with E-state index in [-0.39, 0.29) is 12.3 Å². The maximum Gasteiger partial charge on any atom is 0.248 e. The number of anilines is 2. The normalized spacial score (nSPS) is 10.0. The third kappa shape index (κ3) is 3.58. The van der Waals surface area contributed by atoms with Crippen molar-refractivity contribution in [3.05, 3.63) is 59.7 Å². The fourth-order valence-electron chi connectivity index (χ4n) is 1.74. The number of nitrogens with one attached hydrogen (secondary N) is 1. The maximum absolute atomic E-state index is 11.9. The van der Waals surface area contributed by atoms with E-state index in [1.54, 1.807) is 36.4 Å². The van der Waals surface area contributed by atoms with Gasteiger partial charge in [-0.2, -0.15) is 0 Å². The Morgan fingerprint density at radius 2 is 1.55 bits per heavy atom. The highest BCUT2D eigenvalue weighted by Gasteiger charge is 2.05. The molecule has 5 nitrogen and oxygen atoms in total. The lowest BCUT2D eigenvalue weighted by Crippen LogP contribution is -2.15. The molecule has 5 heteroatoms. The molecule has 0 spiro atoms. The van der Waals surface area contributed by atoms with Crippen molar-refractivity contribution in [2.75, 3.05) is 11.1 Å². The molecule has 0 bridgehead atoms. The molecular formula is C15H15N3O2. The van der Waals surface area contributed by atoms with Gasteiger partial charge in [0.05, 0.1) is 6.42 Å². The van der Waals surface area contributed by atoms with E-state index in [0.29, 0.717) is 16.9 Å². The largest absolute Gasteiger partial charge is 0.399 e. The van der Waals surface area contributed by atoms with Crippen molar-refractivity contribution in [2.45, 2.75) is 6.42 Å². The molecule has 2 aromatic rings. The minimum atomic E-state index is -0.496. The molecule has 0 unspecified atom stereocenters. The molecule has 0 aromatic heterocycles. The number of carbonyl (C=O) groups is 2. The maximum atomic E-state index is 11.9. The standard InChI is InChI=1S/C15H15N3O2/c16-12-5-1-10(2-6-12)9-14(19)18-13-7-3-11(4-8-13)15(17)20/h1-8H,9,16H2,(H2,17,20)(H,18,19). The van der Waals surface area contributed by atoms with Gasteiger partial charge < -0.3 is 16.8 Å². The fourth-order valence-corrected chi connectivity index (χ4v) is 1.74. The minimum absolute atomic E-state index is 0.137. The summed E-state index contributed by atoms with van der Waals surface area (Å²) in [5.74, 6) is -0.633. The third-order valence-electron chi connectivity index (χ3n) is 2.80. The van der Waals surface area contributed by atoms with Gasteiger partial charge in [0.15, 0.2) is 0 Å². The molecule has 20 heavy (non-hydrogen) atoms. The van der Waals surface area contributed by atoms with Gasteiger partial charge in [0.1, 0.15) is 0 Å². The Balaban J connectivity index is 1.97. The predicted octanol–water partition coefficient (Wildman–Crippen LogP) is 1.55. The molecule has 0 saturated carbocycles. The van der Waals surface area contributed by atoms with Crippen molar-refractivity contribution in [3.8, 4) is 0 Å². The Bertz CT molecular complexity index is 619. The van der Waals surface area contributed by atoms with Gasteiger partial charge in [-0.05, 0) is 42.0 Å². The smallest absolute Gasteiger partial charge is 0.248 e. The molecule has 2 amide bonds. The average molecular weight is 269 g/mol. The highest BCUT2D eigenvalue weighted by molar-refractivity contribution is 5.95. The van der Waals surface area contributed by atoms with E-state index in [4.69, 9.17) is 11.5 Å². The molecule has 0 aliphatic rings. The summed E-state index contributed by atoms with van der Waals surface area (Å²) in [6.07, 6.45) is 0.262. The number of hydrogen-bond donors (Lipinski definition) is 3. The number of hydrogen-bond acceptors (Lipinski definition) is 3. The second-order valence-electron chi connectivity index (χ2n) is 4.41. The first-order chi connectivity index (χ1) is 9.54. The number of primary amides is 1. The Kier molecular flexibility index (Phi) is 4.00. The molecule has 0 aliphatic carbocycles. The predicted molar refractivity (Wildman–Crippen MR) is 78.1 cm³/mol. The second kappa shape index (κ2) is 5.88. The van der Waals surface area contributed by atoms with Gasteiger partial charge in [0.2, 0.25) is 11.8 Å². The number of benzene rings is 2. The van der Waals surface area contributed by atoms with Gasteiger partial charge in [-0.15, -0.1) is 0 Å². The lowest BCUT2D eigenvalue weighted by molar-refractivity contribution is -0.115. The molecule has 0 saturated heterocycles. The Morgan fingerprint density at radius 3 is 2.10 bits per heavy atom. The Labute approximate surface area is 116 Å². The zero-order valence-electron chi connectivity index (χ0n) is 10.8. The van der Waals surface area contributed by atoms with Crippen molar-refractivity contribution in [2.24, 2.45) is 5.73 Å². The van der Waals surface area contributed by atoms with Crippen LogP contribution in [0.15, 0.2) is 48.5 Å². The lowest BCUT2D eigenvalue weighted by Gasteiger charge is -2.06. The molecule has 0 heterocycles. The van der Waals surface area contributed by atoms with E-state index in [9.17, 15) is 9.59 Å². The van der Waals surface area contributed by atoms with E-state index in [1.165, 1.54) is 0 Å². The van der Waals surface area contributed by atoms with Crippen molar-refractivity contribution >= 4 is 23.2 Å². The third-order valence-corrected chi connectivity index (χ3v) is 2.80. The first-order valence-electron chi connectivity index (χ1n) is 6.09. The molecule has 0 aliphatic heterocycles. The van der Waals surface area contributed by atoms with Crippen molar-refractivity contribution in [1.29, 1.82) is 0 Å².